The summed E-state index contributed by atoms with van der Waals surface area (Å²) in [5.41, 5.74) is -0.130. The molecule has 0 fully saturated rings. The fraction of sp³-hybridized carbons (Fsp3) is 0.105. The number of pyridine rings is 1. The van der Waals surface area contributed by atoms with Crippen molar-refractivity contribution >= 4 is 40.1 Å². The van der Waals surface area contributed by atoms with Gasteiger partial charge in [-0.2, -0.15) is 0 Å². The van der Waals surface area contributed by atoms with Crippen molar-refractivity contribution in [3.63, 3.8) is 0 Å². The van der Waals surface area contributed by atoms with Gasteiger partial charge in [0.05, 0.1) is 12.6 Å². The lowest BCUT2D eigenvalue weighted by atomic mass is 10.1. The fourth-order valence-corrected chi connectivity index (χ4v) is 2.89. The summed E-state index contributed by atoms with van der Waals surface area (Å²) in [5, 5.41) is 12.6. The minimum absolute atomic E-state index is 0.186. The van der Waals surface area contributed by atoms with Crippen LogP contribution in [0.2, 0.25) is 5.02 Å². The van der Waals surface area contributed by atoms with Crippen molar-refractivity contribution in [2.45, 2.75) is 6.54 Å². The topological polar surface area (TPSA) is 97.6 Å². The van der Waals surface area contributed by atoms with Crippen LogP contribution < -0.4 is 15.5 Å². The number of benzene rings is 2. The van der Waals surface area contributed by atoms with Gasteiger partial charge in [-0.25, -0.2) is 4.79 Å². The molecule has 27 heavy (non-hydrogen) atoms. The Morgan fingerprint density at radius 3 is 2.67 bits per heavy atom. The van der Waals surface area contributed by atoms with E-state index in [0.29, 0.717) is 22.0 Å². The molecular formula is C19H15ClN2O5. The van der Waals surface area contributed by atoms with Gasteiger partial charge >= 0.3 is 5.97 Å². The summed E-state index contributed by atoms with van der Waals surface area (Å²) in [4.78, 5) is 36.2. The highest BCUT2D eigenvalue weighted by Crippen LogP contribution is 2.20. The van der Waals surface area contributed by atoms with Crippen molar-refractivity contribution in [2.24, 2.45) is 0 Å². The van der Waals surface area contributed by atoms with Gasteiger partial charge in [0.15, 0.2) is 0 Å². The minimum Gasteiger partial charge on any atom is -0.497 e. The van der Waals surface area contributed by atoms with E-state index in [1.54, 1.807) is 36.4 Å². The SMILES string of the molecule is COc1ccc2c(=O)c(C(=O)O)cn(CC(=O)Nc3cccc(Cl)c3)c2c1. The van der Waals surface area contributed by atoms with Crippen LogP contribution in [-0.2, 0) is 11.3 Å². The standard InChI is InChI=1S/C19H15ClN2O5/c1-27-13-5-6-14-16(8-13)22(9-15(18(14)24)19(25)26)10-17(23)21-12-4-2-3-11(20)7-12/h2-9H,10H2,1H3,(H,21,23)(H,25,26). The van der Waals surface area contributed by atoms with Crippen LogP contribution in [0.1, 0.15) is 10.4 Å². The number of ether oxygens (including phenoxy) is 1. The van der Waals surface area contributed by atoms with Gasteiger partial charge < -0.3 is 19.7 Å². The zero-order valence-corrected chi connectivity index (χ0v) is 15.0. The predicted octanol–water partition coefficient (Wildman–Crippen LogP) is 3.00. The Kier molecular flexibility index (Phi) is 5.14. The average Bonchev–Trinajstić information content (AvgIpc) is 2.63. The van der Waals surface area contributed by atoms with E-state index in [1.165, 1.54) is 17.7 Å². The van der Waals surface area contributed by atoms with Crippen LogP contribution in [0.25, 0.3) is 10.9 Å². The highest BCUT2D eigenvalue weighted by atomic mass is 35.5. The Bertz CT molecular complexity index is 1110. The highest BCUT2D eigenvalue weighted by Gasteiger charge is 2.16. The third kappa shape index (κ3) is 3.93. The molecule has 0 saturated carbocycles. The van der Waals surface area contributed by atoms with Crippen molar-refractivity contribution in [1.29, 1.82) is 0 Å². The van der Waals surface area contributed by atoms with E-state index in [9.17, 15) is 19.5 Å². The number of carboxylic acid groups (broad SMARTS) is 1. The van der Waals surface area contributed by atoms with Crippen LogP contribution in [-0.4, -0.2) is 28.7 Å². The van der Waals surface area contributed by atoms with Gasteiger partial charge in [-0.05, 0) is 30.3 Å². The number of nitrogens with zero attached hydrogens (tertiary/aromatic N) is 1. The van der Waals surface area contributed by atoms with Crippen molar-refractivity contribution in [2.75, 3.05) is 12.4 Å². The predicted molar refractivity (Wildman–Crippen MR) is 102 cm³/mol. The zero-order valence-electron chi connectivity index (χ0n) is 14.2. The normalized spacial score (nSPS) is 10.6. The summed E-state index contributed by atoms with van der Waals surface area (Å²) in [6, 6.07) is 11.3. The molecule has 0 aliphatic carbocycles. The van der Waals surface area contributed by atoms with E-state index in [1.807, 2.05) is 0 Å². The fourth-order valence-electron chi connectivity index (χ4n) is 2.70. The van der Waals surface area contributed by atoms with Gasteiger partial charge in [0.1, 0.15) is 17.9 Å². The molecule has 0 saturated heterocycles. The van der Waals surface area contributed by atoms with Crippen LogP contribution >= 0.6 is 11.6 Å². The Morgan fingerprint density at radius 1 is 1.22 bits per heavy atom. The van der Waals surface area contributed by atoms with Crippen LogP contribution in [0.3, 0.4) is 0 Å². The molecule has 2 N–H and O–H groups in total. The van der Waals surface area contributed by atoms with E-state index in [2.05, 4.69) is 5.32 Å². The first-order valence-electron chi connectivity index (χ1n) is 7.89. The maximum Gasteiger partial charge on any atom is 0.341 e. The molecule has 0 radical (unpaired) electrons. The number of methoxy groups -OCH3 is 1. The highest BCUT2D eigenvalue weighted by molar-refractivity contribution is 6.30. The van der Waals surface area contributed by atoms with E-state index < -0.39 is 22.9 Å². The zero-order chi connectivity index (χ0) is 19.6. The lowest BCUT2D eigenvalue weighted by Gasteiger charge is -2.13. The van der Waals surface area contributed by atoms with E-state index >= 15 is 0 Å². The molecule has 8 heteroatoms. The van der Waals surface area contributed by atoms with Crippen molar-refractivity contribution in [3.05, 3.63) is 69.5 Å². The van der Waals surface area contributed by atoms with E-state index in [-0.39, 0.29) is 11.9 Å². The second-order valence-corrected chi connectivity index (χ2v) is 6.18. The Balaban J connectivity index is 2.03. The van der Waals surface area contributed by atoms with Gasteiger partial charge in [-0.3, -0.25) is 9.59 Å². The Labute approximate surface area is 158 Å². The number of hydrogen-bond donors (Lipinski definition) is 2. The molecule has 1 amide bonds. The number of halogens is 1. The number of amides is 1. The monoisotopic (exact) mass is 386 g/mol. The first-order chi connectivity index (χ1) is 12.9. The minimum atomic E-state index is -1.36. The van der Waals surface area contributed by atoms with Gasteiger partial charge in [-0.1, -0.05) is 17.7 Å². The van der Waals surface area contributed by atoms with Crippen LogP contribution in [0.15, 0.2) is 53.5 Å². The number of aromatic nitrogens is 1. The van der Waals surface area contributed by atoms with Crippen LogP contribution in [0.4, 0.5) is 5.69 Å². The van der Waals surface area contributed by atoms with Crippen molar-refractivity contribution in [3.8, 4) is 5.75 Å². The van der Waals surface area contributed by atoms with E-state index in [0.717, 1.165) is 6.20 Å². The maximum atomic E-state index is 12.4. The lowest BCUT2D eigenvalue weighted by Crippen LogP contribution is -2.23. The summed E-state index contributed by atoms with van der Waals surface area (Å²) in [6.45, 7) is -0.198. The van der Waals surface area contributed by atoms with Gasteiger partial charge in [0.25, 0.3) is 0 Å². The van der Waals surface area contributed by atoms with Gasteiger partial charge in [0, 0.05) is 28.4 Å². The summed E-state index contributed by atoms with van der Waals surface area (Å²) < 4.78 is 6.57. The number of carbonyl (C=O) groups is 2. The first-order valence-corrected chi connectivity index (χ1v) is 8.26. The van der Waals surface area contributed by atoms with Gasteiger partial charge in [0.2, 0.25) is 11.3 Å². The molecule has 0 atom stereocenters. The number of hydrogen-bond acceptors (Lipinski definition) is 4. The molecule has 0 aliphatic rings. The van der Waals surface area contributed by atoms with Crippen molar-refractivity contribution in [1.82, 2.24) is 4.57 Å². The molecule has 0 bridgehead atoms. The lowest BCUT2D eigenvalue weighted by molar-refractivity contribution is -0.116. The molecule has 1 aromatic heterocycles. The number of fused-ring (bicyclic) bond motifs is 1. The first kappa shape index (κ1) is 18.5. The molecule has 138 valence electrons. The molecular weight excluding hydrogens is 372 g/mol. The smallest absolute Gasteiger partial charge is 0.341 e. The second kappa shape index (κ2) is 7.51. The Morgan fingerprint density at radius 2 is 2.00 bits per heavy atom. The maximum absolute atomic E-state index is 12.4. The molecule has 3 aromatic rings. The number of anilines is 1. The molecule has 2 aromatic carbocycles. The summed E-state index contributed by atoms with van der Waals surface area (Å²) in [5.74, 6) is -1.28. The summed E-state index contributed by atoms with van der Waals surface area (Å²) in [7, 11) is 1.47. The largest absolute Gasteiger partial charge is 0.497 e. The number of rotatable bonds is 5. The second-order valence-electron chi connectivity index (χ2n) is 5.75. The summed E-state index contributed by atoms with van der Waals surface area (Å²) in [6.07, 6.45) is 1.16. The van der Waals surface area contributed by atoms with Crippen LogP contribution in [0, 0.1) is 0 Å². The molecule has 7 nitrogen and oxygen atoms in total. The third-order valence-electron chi connectivity index (χ3n) is 3.94. The van der Waals surface area contributed by atoms with Crippen LogP contribution in [0.5, 0.6) is 5.75 Å². The number of carbonyl (C=O) groups excluding carboxylic acids is 1. The Hall–Kier alpha value is -3.32. The number of nitrogens with one attached hydrogen (secondary N) is 1. The third-order valence-corrected chi connectivity index (χ3v) is 4.18. The molecule has 3 rings (SSSR count). The molecule has 1 heterocycles. The average molecular weight is 387 g/mol. The number of carboxylic acids is 1. The quantitative estimate of drug-likeness (QED) is 0.702. The molecule has 0 unspecified atom stereocenters. The van der Waals surface area contributed by atoms with Gasteiger partial charge in [-0.15, -0.1) is 0 Å². The van der Waals surface area contributed by atoms with E-state index in [4.69, 9.17) is 16.3 Å². The number of aromatic carboxylic acids is 1. The molecule has 0 aliphatic heterocycles. The summed E-state index contributed by atoms with van der Waals surface area (Å²) >= 11 is 5.90. The molecule has 0 spiro atoms. The van der Waals surface area contributed by atoms with Crippen molar-refractivity contribution < 1.29 is 19.4 Å².